The fourth-order valence-corrected chi connectivity index (χ4v) is 2.85. The van der Waals surface area contributed by atoms with Crippen LogP contribution in [-0.4, -0.2) is 22.0 Å². The van der Waals surface area contributed by atoms with Crippen molar-refractivity contribution in [1.29, 1.82) is 0 Å². The predicted octanol–water partition coefficient (Wildman–Crippen LogP) is 2.93. The molecule has 1 heterocycles. The highest BCUT2D eigenvalue weighted by atomic mass is 79.9. The van der Waals surface area contributed by atoms with Gasteiger partial charge in [0.1, 0.15) is 11.6 Å². The van der Waals surface area contributed by atoms with Crippen LogP contribution in [0.15, 0.2) is 21.2 Å². The van der Waals surface area contributed by atoms with E-state index in [1.54, 1.807) is 14.1 Å². The first-order valence-electron chi connectivity index (χ1n) is 5.32. The number of halogens is 4. The summed E-state index contributed by atoms with van der Waals surface area (Å²) in [6.07, 6.45) is 0. The number of nitrogens with one attached hydrogen (secondary N) is 1. The second-order valence-electron chi connectivity index (χ2n) is 3.89. The molecule has 2 rings (SSSR count). The molecule has 102 valence electrons. The first-order valence-corrected chi connectivity index (χ1v) is 6.91. The highest BCUT2D eigenvalue weighted by Crippen LogP contribution is 2.31. The number of hydrogen-bond donors (Lipinski definition) is 1. The van der Waals surface area contributed by atoms with Crippen LogP contribution >= 0.6 is 31.9 Å². The van der Waals surface area contributed by atoms with E-state index >= 15 is 0 Å². The normalized spacial score (nSPS) is 12.7. The maximum Gasteiger partial charge on any atom is 0.153 e. The Morgan fingerprint density at radius 2 is 1.84 bits per heavy atom. The van der Waals surface area contributed by atoms with Crippen molar-refractivity contribution in [2.75, 3.05) is 7.05 Å². The highest BCUT2D eigenvalue weighted by molar-refractivity contribution is 9.10. The number of aromatic nitrogens is 3. The highest BCUT2D eigenvalue weighted by Gasteiger charge is 2.26. The Morgan fingerprint density at radius 3 is 2.26 bits per heavy atom. The summed E-state index contributed by atoms with van der Waals surface area (Å²) in [6.45, 7) is 0. The van der Waals surface area contributed by atoms with E-state index < -0.39 is 17.7 Å². The van der Waals surface area contributed by atoms with Crippen molar-refractivity contribution in [2.24, 2.45) is 7.05 Å². The van der Waals surface area contributed by atoms with Crippen LogP contribution in [0, 0.1) is 11.6 Å². The molecule has 8 heteroatoms. The van der Waals surface area contributed by atoms with Crippen LogP contribution < -0.4 is 5.32 Å². The third-order valence-corrected chi connectivity index (χ3v) is 3.74. The Hall–Kier alpha value is -0.860. The van der Waals surface area contributed by atoms with Gasteiger partial charge in [-0.3, -0.25) is 0 Å². The molecule has 0 amide bonds. The van der Waals surface area contributed by atoms with E-state index in [9.17, 15) is 8.78 Å². The summed E-state index contributed by atoms with van der Waals surface area (Å²) in [5.74, 6) is -1.28. The van der Waals surface area contributed by atoms with Crippen LogP contribution in [0.5, 0.6) is 0 Å². The van der Waals surface area contributed by atoms with Crippen molar-refractivity contribution in [1.82, 2.24) is 20.3 Å². The molecule has 0 fully saturated rings. The summed E-state index contributed by atoms with van der Waals surface area (Å²) >= 11 is 6.29. The molecule has 1 aromatic heterocycles. The van der Waals surface area contributed by atoms with Crippen LogP contribution in [0.2, 0.25) is 0 Å². The third-order valence-electron chi connectivity index (χ3n) is 2.72. The Kier molecular flexibility index (Phi) is 4.32. The maximum atomic E-state index is 14.0. The van der Waals surface area contributed by atoms with Gasteiger partial charge in [0, 0.05) is 17.1 Å². The third kappa shape index (κ3) is 2.70. The lowest BCUT2D eigenvalue weighted by molar-refractivity contribution is 0.504. The minimum atomic E-state index is -0.692. The summed E-state index contributed by atoms with van der Waals surface area (Å²) in [5, 5.41) is 10.5. The van der Waals surface area contributed by atoms with Gasteiger partial charge in [-0.1, -0.05) is 21.1 Å². The minimum Gasteiger partial charge on any atom is -0.308 e. The SMILES string of the molecule is CNC(c1c(F)cc(Br)cc1F)c1c(Br)nnn1C. The largest absolute Gasteiger partial charge is 0.308 e. The van der Waals surface area contributed by atoms with Crippen molar-refractivity contribution in [3.63, 3.8) is 0 Å². The van der Waals surface area contributed by atoms with E-state index in [4.69, 9.17) is 0 Å². The van der Waals surface area contributed by atoms with Crippen molar-refractivity contribution in [3.8, 4) is 0 Å². The first-order chi connectivity index (χ1) is 8.95. The van der Waals surface area contributed by atoms with Crippen LogP contribution in [0.4, 0.5) is 8.78 Å². The fourth-order valence-electron chi connectivity index (χ4n) is 1.89. The zero-order valence-electron chi connectivity index (χ0n) is 10.1. The average molecular weight is 396 g/mol. The van der Waals surface area contributed by atoms with E-state index in [0.29, 0.717) is 14.8 Å². The van der Waals surface area contributed by atoms with E-state index in [1.165, 1.54) is 16.8 Å². The molecule has 0 saturated carbocycles. The zero-order valence-corrected chi connectivity index (χ0v) is 13.3. The molecule has 0 radical (unpaired) electrons. The monoisotopic (exact) mass is 394 g/mol. The summed E-state index contributed by atoms with van der Waals surface area (Å²) in [6, 6.07) is 1.75. The van der Waals surface area contributed by atoms with Gasteiger partial charge in [-0.15, -0.1) is 5.10 Å². The molecular weight excluding hydrogens is 386 g/mol. The molecule has 0 aliphatic rings. The maximum absolute atomic E-state index is 14.0. The molecule has 4 nitrogen and oxygen atoms in total. The smallest absolute Gasteiger partial charge is 0.153 e. The predicted molar refractivity (Wildman–Crippen MR) is 73.7 cm³/mol. The molecule has 0 spiro atoms. The van der Waals surface area contributed by atoms with Crippen LogP contribution in [0.1, 0.15) is 17.3 Å². The lowest BCUT2D eigenvalue weighted by Gasteiger charge is -2.18. The van der Waals surface area contributed by atoms with Crippen molar-refractivity contribution in [3.05, 3.63) is 44.1 Å². The second kappa shape index (κ2) is 5.64. The minimum absolute atomic E-state index is 0.0724. The van der Waals surface area contributed by atoms with Gasteiger partial charge in [-0.05, 0) is 35.1 Å². The molecule has 1 unspecified atom stereocenters. The Balaban J connectivity index is 2.61. The summed E-state index contributed by atoms with van der Waals surface area (Å²) in [5.41, 5.74) is 0.472. The molecule has 1 aromatic carbocycles. The van der Waals surface area contributed by atoms with E-state index in [0.717, 1.165) is 0 Å². The molecule has 1 N–H and O–H groups in total. The summed E-state index contributed by atoms with van der Waals surface area (Å²) < 4.78 is 30.3. The molecule has 1 atom stereocenters. The number of benzene rings is 1. The van der Waals surface area contributed by atoms with Gasteiger partial charge >= 0.3 is 0 Å². The number of hydrogen-bond acceptors (Lipinski definition) is 3. The van der Waals surface area contributed by atoms with Crippen LogP contribution in [0.3, 0.4) is 0 Å². The molecular formula is C11H10Br2F2N4. The van der Waals surface area contributed by atoms with Gasteiger partial charge in [0.25, 0.3) is 0 Å². The van der Waals surface area contributed by atoms with Gasteiger partial charge in [-0.25, -0.2) is 13.5 Å². The van der Waals surface area contributed by atoms with Gasteiger partial charge in [0.05, 0.1) is 11.7 Å². The van der Waals surface area contributed by atoms with Crippen molar-refractivity contribution >= 4 is 31.9 Å². The molecule has 2 aromatic rings. The number of aryl methyl sites for hydroxylation is 1. The second-order valence-corrected chi connectivity index (χ2v) is 5.56. The van der Waals surface area contributed by atoms with Gasteiger partial charge in [-0.2, -0.15) is 0 Å². The van der Waals surface area contributed by atoms with E-state index in [2.05, 4.69) is 47.5 Å². The molecule has 0 saturated heterocycles. The van der Waals surface area contributed by atoms with Crippen molar-refractivity contribution < 1.29 is 8.78 Å². The van der Waals surface area contributed by atoms with Gasteiger partial charge < -0.3 is 5.32 Å². The number of rotatable bonds is 3. The Bertz CT molecular complexity index is 572. The fraction of sp³-hybridized carbons (Fsp3) is 0.273. The zero-order chi connectivity index (χ0) is 14.2. The van der Waals surface area contributed by atoms with E-state index in [1.807, 2.05) is 0 Å². The standard InChI is InChI=1S/C11H10Br2F2N4/c1-16-9(10-11(13)17-18-19(10)2)8-6(14)3-5(12)4-7(8)15/h3-4,9,16H,1-2H3. The van der Waals surface area contributed by atoms with Gasteiger partial charge in [0.15, 0.2) is 4.60 Å². The summed E-state index contributed by atoms with van der Waals surface area (Å²) in [4.78, 5) is 0. The Morgan fingerprint density at radius 1 is 1.26 bits per heavy atom. The molecule has 19 heavy (non-hydrogen) atoms. The van der Waals surface area contributed by atoms with Crippen LogP contribution in [-0.2, 0) is 7.05 Å². The lowest BCUT2D eigenvalue weighted by atomic mass is 10.0. The average Bonchev–Trinajstić information content (AvgIpc) is 2.64. The van der Waals surface area contributed by atoms with Crippen molar-refractivity contribution in [2.45, 2.75) is 6.04 Å². The molecule has 0 bridgehead atoms. The lowest BCUT2D eigenvalue weighted by Crippen LogP contribution is -2.23. The van der Waals surface area contributed by atoms with E-state index in [-0.39, 0.29) is 5.56 Å². The van der Waals surface area contributed by atoms with Gasteiger partial charge in [0.2, 0.25) is 0 Å². The molecule has 0 aliphatic carbocycles. The first kappa shape index (κ1) is 14.5. The van der Waals surface area contributed by atoms with Crippen LogP contribution in [0.25, 0.3) is 0 Å². The summed E-state index contributed by atoms with van der Waals surface area (Å²) in [7, 11) is 3.27. The molecule has 0 aliphatic heterocycles. The topological polar surface area (TPSA) is 42.7 Å². The Labute approximate surface area is 125 Å². The quantitative estimate of drug-likeness (QED) is 0.868. The number of nitrogens with zero attached hydrogens (tertiary/aromatic N) is 3.